The van der Waals surface area contributed by atoms with Crippen LogP contribution in [0, 0.1) is 17.0 Å². The van der Waals surface area contributed by atoms with Crippen LogP contribution in [0.2, 0.25) is 0 Å². The summed E-state index contributed by atoms with van der Waals surface area (Å²) in [6.07, 6.45) is 4.69. The highest BCUT2D eigenvalue weighted by Crippen LogP contribution is 2.52. The molecule has 2 aromatic carbocycles. The highest BCUT2D eigenvalue weighted by atomic mass is 127. The van der Waals surface area contributed by atoms with Crippen molar-refractivity contribution in [2.75, 3.05) is 6.61 Å². The Morgan fingerprint density at radius 3 is 2.35 bits per heavy atom. The third-order valence-corrected chi connectivity index (χ3v) is 9.84. The van der Waals surface area contributed by atoms with Gasteiger partial charge in [-0.1, -0.05) is 52.1 Å². The van der Waals surface area contributed by atoms with Gasteiger partial charge in [-0.25, -0.2) is 32.2 Å². The lowest BCUT2D eigenvalue weighted by Gasteiger charge is -2.50. The maximum Gasteiger partial charge on any atom is 0.350 e. The minimum atomic E-state index is -3.66. The van der Waals surface area contributed by atoms with Crippen LogP contribution in [-0.4, -0.2) is 50.3 Å². The zero-order chi connectivity index (χ0) is 31.6. The summed E-state index contributed by atoms with van der Waals surface area (Å²) in [6.45, 7) is 6.54. The molecule has 0 aliphatic carbocycles. The van der Waals surface area contributed by atoms with Gasteiger partial charge < -0.3 is 4.74 Å². The highest BCUT2D eigenvalue weighted by Gasteiger charge is 2.53. The van der Waals surface area contributed by atoms with Gasteiger partial charge in [-0.2, -0.15) is 19.0 Å². The molecule has 0 fully saturated rings. The molecule has 0 N–H and O–H groups in total. The number of nitrogens with zero attached hydrogens (tertiary/aromatic N) is 6. The molecule has 4 rings (SSSR count). The standard InChI is InChI=1S/C29H32F5IN6O2/c1-6-27(3,4)28(14-39-17-36-16-37-39,23-12-7-20(30)13-24(23)31)19(2)41-26(42)40(18-38-41)21-8-10-22(11-9-21)43-15-29(33,34)25(32)35-5/h7-13,16-19,25H,5-6,14-15H2,1-4H3/t19-,25?,28-/m1/s1. The van der Waals surface area contributed by atoms with Gasteiger partial charge in [0.25, 0.3) is 0 Å². The largest absolute Gasteiger partial charge is 0.487 e. The molecule has 2 aromatic heterocycles. The molecule has 43 heavy (non-hydrogen) atoms. The Balaban J connectivity index is 1.75. The van der Waals surface area contributed by atoms with E-state index >= 15 is 4.39 Å². The predicted molar refractivity (Wildman–Crippen MR) is 161 cm³/mol. The van der Waals surface area contributed by atoms with Gasteiger partial charge in [0.05, 0.1) is 18.3 Å². The summed E-state index contributed by atoms with van der Waals surface area (Å²) in [6, 6.07) is 8.33. The third kappa shape index (κ3) is 6.29. The summed E-state index contributed by atoms with van der Waals surface area (Å²) in [5.74, 6) is -5.09. The van der Waals surface area contributed by atoms with Gasteiger partial charge in [0.15, 0.2) is 6.61 Å². The van der Waals surface area contributed by atoms with Crippen molar-refractivity contribution < 1.29 is 26.7 Å². The quantitative estimate of drug-likeness (QED) is 0.0929. The second kappa shape index (κ2) is 12.7. The predicted octanol–water partition coefficient (Wildman–Crippen LogP) is 6.25. The molecule has 0 aliphatic heterocycles. The molecule has 3 atom stereocenters. The van der Waals surface area contributed by atoms with Gasteiger partial charge in [0.1, 0.15) is 36.4 Å². The van der Waals surface area contributed by atoms with Gasteiger partial charge in [0, 0.05) is 11.5 Å². The molecule has 0 amide bonds. The number of benzene rings is 2. The summed E-state index contributed by atoms with van der Waals surface area (Å²) < 4.78 is 81.0. The van der Waals surface area contributed by atoms with Gasteiger partial charge in [0.2, 0.25) is 4.18 Å². The first-order valence-corrected chi connectivity index (χ1v) is 16.1. The maximum absolute atomic E-state index is 15.6. The van der Waals surface area contributed by atoms with E-state index in [-0.39, 0.29) is 17.9 Å². The molecule has 2 heterocycles. The lowest BCUT2D eigenvalue weighted by Crippen LogP contribution is -2.53. The molecule has 1 unspecified atom stereocenters. The van der Waals surface area contributed by atoms with Gasteiger partial charge in [-0.3, -0.25) is 4.68 Å². The van der Waals surface area contributed by atoms with Gasteiger partial charge >= 0.3 is 11.6 Å². The summed E-state index contributed by atoms with van der Waals surface area (Å²) in [5.41, 5.74) is -1.86. The first-order valence-electron chi connectivity index (χ1n) is 13.3. The van der Waals surface area contributed by atoms with E-state index in [2.05, 4.69) is 19.7 Å². The summed E-state index contributed by atoms with van der Waals surface area (Å²) in [5, 5.41) is 8.62. The first kappa shape index (κ1) is 32.5. The summed E-state index contributed by atoms with van der Waals surface area (Å²) in [7, 11) is 0. The normalized spacial score (nSPS) is 15.2. The Labute approximate surface area is 255 Å². The SMILES string of the molecule is C=IC(F)C(F)(F)COc1ccc(-n2cnn([C@H](C)[C@](Cn3cncn3)(c3ccc(F)cc3F)C(C)(C)CC)c2=O)cc1. The molecule has 0 saturated heterocycles. The van der Waals surface area contributed by atoms with Crippen molar-refractivity contribution in [2.45, 2.75) is 62.2 Å². The summed E-state index contributed by atoms with van der Waals surface area (Å²) >= 11 is -1.56. The van der Waals surface area contributed by atoms with Crippen LogP contribution in [0.3, 0.4) is 0 Å². The number of ether oxygens (including phenoxy) is 1. The average Bonchev–Trinajstić information content (AvgIpc) is 3.64. The van der Waals surface area contributed by atoms with Crippen molar-refractivity contribution in [2.24, 2.45) is 5.41 Å². The van der Waals surface area contributed by atoms with Crippen LogP contribution >= 0.6 is 20.7 Å². The first-order chi connectivity index (χ1) is 20.3. The van der Waals surface area contributed by atoms with Crippen LogP contribution in [0.1, 0.15) is 45.7 Å². The van der Waals surface area contributed by atoms with E-state index < -0.39 is 71.6 Å². The monoisotopic (exact) mass is 718 g/mol. The topological polar surface area (TPSA) is 79.8 Å². The lowest BCUT2D eigenvalue weighted by molar-refractivity contribution is -0.0655. The van der Waals surface area contributed by atoms with Crippen molar-refractivity contribution in [3.63, 3.8) is 0 Å². The minimum Gasteiger partial charge on any atom is -0.487 e. The van der Waals surface area contributed by atoms with E-state index in [9.17, 15) is 22.4 Å². The lowest BCUT2D eigenvalue weighted by atomic mass is 9.56. The zero-order valence-corrected chi connectivity index (χ0v) is 26.2. The Hall–Kier alpha value is -3.43. The zero-order valence-electron chi connectivity index (χ0n) is 24.0. The van der Waals surface area contributed by atoms with Crippen molar-refractivity contribution in [1.29, 1.82) is 0 Å². The van der Waals surface area contributed by atoms with E-state index in [1.807, 2.05) is 20.8 Å². The fraction of sp³-hybridized carbons (Fsp3) is 0.414. The molecule has 232 valence electrons. The van der Waals surface area contributed by atoms with Crippen molar-refractivity contribution in [3.05, 3.63) is 89.1 Å². The molecule has 0 bridgehead atoms. The second-order valence-corrected chi connectivity index (χ2v) is 12.8. The fourth-order valence-electron chi connectivity index (χ4n) is 5.35. The third-order valence-electron chi connectivity index (χ3n) is 8.16. The molecule has 8 nitrogen and oxygen atoms in total. The molecule has 0 saturated carbocycles. The molecule has 0 radical (unpaired) electrons. The van der Waals surface area contributed by atoms with Crippen LogP contribution in [-0.2, 0) is 12.0 Å². The van der Waals surface area contributed by atoms with Gasteiger partial charge in [-0.05, 0) is 54.7 Å². The highest BCUT2D eigenvalue weighted by molar-refractivity contribution is 14.2. The van der Waals surface area contributed by atoms with E-state index in [0.29, 0.717) is 12.1 Å². The maximum atomic E-state index is 15.6. The van der Waals surface area contributed by atoms with Crippen LogP contribution in [0.4, 0.5) is 22.0 Å². The van der Waals surface area contributed by atoms with Crippen molar-refractivity contribution in [3.8, 4) is 11.4 Å². The fourth-order valence-corrected chi connectivity index (χ4v) is 6.17. The summed E-state index contributed by atoms with van der Waals surface area (Å²) in [4.78, 5) is 17.8. The second-order valence-electron chi connectivity index (χ2n) is 10.8. The van der Waals surface area contributed by atoms with E-state index in [1.165, 1.54) is 64.6 Å². The number of rotatable bonds is 13. The van der Waals surface area contributed by atoms with Crippen molar-refractivity contribution >= 4 is 25.2 Å². The average molecular weight is 719 g/mol. The molecular formula is C29H32F5IN6O2. The van der Waals surface area contributed by atoms with E-state index in [4.69, 9.17) is 4.74 Å². The Bertz CT molecular complexity index is 1610. The minimum absolute atomic E-state index is 0.0648. The van der Waals surface area contributed by atoms with Crippen LogP contribution in [0.15, 0.2) is 66.2 Å². The van der Waals surface area contributed by atoms with E-state index in [0.717, 1.165) is 6.07 Å². The Kier molecular flexibility index (Phi) is 9.57. The Morgan fingerprint density at radius 2 is 1.77 bits per heavy atom. The van der Waals surface area contributed by atoms with Crippen LogP contribution < -0.4 is 10.4 Å². The van der Waals surface area contributed by atoms with Crippen LogP contribution in [0.5, 0.6) is 5.75 Å². The molecule has 14 heteroatoms. The number of halogens is 6. The number of aromatic nitrogens is 6. The smallest absolute Gasteiger partial charge is 0.350 e. The molecular weight excluding hydrogens is 686 g/mol. The van der Waals surface area contributed by atoms with Crippen LogP contribution in [0.25, 0.3) is 5.69 Å². The van der Waals surface area contributed by atoms with Crippen molar-refractivity contribution in [1.82, 2.24) is 29.1 Å². The van der Waals surface area contributed by atoms with Gasteiger partial charge in [-0.15, -0.1) is 0 Å². The number of alkyl halides is 4. The Morgan fingerprint density at radius 1 is 1.07 bits per heavy atom. The molecule has 0 aliphatic rings. The molecule has 0 spiro atoms. The number of hydrogen-bond acceptors (Lipinski definition) is 5. The molecule has 4 aromatic rings. The van der Waals surface area contributed by atoms with E-state index in [1.54, 1.807) is 11.6 Å². The number of hydrogen-bond donors (Lipinski definition) is 0.